The Morgan fingerprint density at radius 1 is 1.35 bits per heavy atom. The van der Waals surface area contributed by atoms with Gasteiger partial charge in [0.1, 0.15) is 0 Å². The molecule has 0 fully saturated rings. The van der Waals surface area contributed by atoms with Gasteiger partial charge in [0.05, 0.1) is 27.5 Å². The first kappa shape index (κ1) is 14.4. The molecule has 0 saturated heterocycles. The minimum absolute atomic E-state index is 0.394. The van der Waals surface area contributed by atoms with Crippen LogP contribution in [0, 0.1) is 14.9 Å². The van der Waals surface area contributed by atoms with Gasteiger partial charge in [0.2, 0.25) is 11.8 Å². The Hall–Kier alpha value is -2.01. The van der Waals surface area contributed by atoms with Crippen molar-refractivity contribution in [2.45, 2.75) is 6.92 Å². The Morgan fingerprint density at radius 3 is 2.75 bits per heavy atom. The van der Waals surface area contributed by atoms with Crippen molar-refractivity contribution in [3.05, 3.63) is 39.5 Å². The molecule has 2 rings (SSSR count). The van der Waals surface area contributed by atoms with E-state index in [1.54, 1.807) is 30.3 Å². The van der Waals surface area contributed by atoms with Crippen LogP contribution < -0.4 is 15.2 Å². The van der Waals surface area contributed by atoms with Gasteiger partial charge in [-0.15, -0.1) is 0 Å². The van der Waals surface area contributed by atoms with Crippen molar-refractivity contribution in [3.63, 3.8) is 0 Å². The minimum atomic E-state index is 0.394. The van der Waals surface area contributed by atoms with E-state index in [2.05, 4.69) is 27.6 Å². The van der Waals surface area contributed by atoms with Crippen LogP contribution in [-0.2, 0) is 0 Å². The van der Waals surface area contributed by atoms with Crippen molar-refractivity contribution >= 4 is 28.3 Å². The van der Waals surface area contributed by atoms with Gasteiger partial charge in [0.25, 0.3) is 0 Å². The van der Waals surface area contributed by atoms with Crippen molar-refractivity contribution < 1.29 is 9.47 Å². The number of hydrogen-bond donors (Lipinski definition) is 1. The van der Waals surface area contributed by atoms with Crippen LogP contribution in [0.1, 0.15) is 12.5 Å². The number of nitriles is 1. The lowest BCUT2D eigenvalue weighted by Crippen LogP contribution is -1.99. The third-order valence-corrected chi connectivity index (χ3v) is 3.20. The van der Waals surface area contributed by atoms with Crippen molar-refractivity contribution in [1.29, 1.82) is 5.26 Å². The van der Waals surface area contributed by atoms with Crippen LogP contribution in [0.25, 0.3) is 0 Å². The molecular formula is C14H12IN3O2. The molecule has 0 unspecified atom stereocenters. The van der Waals surface area contributed by atoms with Gasteiger partial charge in [0, 0.05) is 12.1 Å². The molecular weight excluding hydrogens is 369 g/mol. The van der Waals surface area contributed by atoms with Gasteiger partial charge < -0.3 is 15.2 Å². The Bertz CT molecular complexity index is 645. The number of nitrogens with zero attached hydrogens (tertiary/aromatic N) is 2. The molecule has 20 heavy (non-hydrogen) atoms. The summed E-state index contributed by atoms with van der Waals surface area (Å²) in [7, 11) is 0. The van der Waals surface area contributed by atoms with Gasteiger partial charge in [0.15, 0.2) is 5.75 Å². The summed E-state index contributed by atoms with van der Waals surface area (Å²) in [4.78, 5) is 4.21. The van der Waals surface area contributed by atoms with E-state index in [4.69, 9.17) is 20.5 Å². The first-order valence-corrected chi connectivity index (χ1v) is 6.98. The highest BCUT2D eigenvalue weighted by molar-refractivity contribution is 14.1. The van der Waals surface area contributed by atoms with Gasteiger partial charge in [-0.05, 0) is 41.6 Å². The molecule has 0 atom stereocenters. The molecule has 0 radical (unpaired) electrons. The number of anilines is 1. The summed E-state index contributed by atoms with van der Waals surface area (Å²) in [5.74, 6) is 1.38. The monoisotopic (exact) mass is 381 g/mol. The number of ether oxygens (including phenoxy) is 2. The Morgan fingerprint density at radius 2 is 2.10 bits per heavy atom. The number of pyridine rings is 1. The maximum absolute atomic E-state index is 8.88. The average Bonchev–Trinajstić information content (AvgIpc) is 2.43. The number of nitrogens with two attached hydrogens (primary N) is 1. The number of benzene rings is 1. The lowest BCUT2D eigenvalue weighted by molar-refractivity contribution is 0.321. The molecule has 2 aromatic rings. The molecule has 2 N–H and O–H groups in total. The molecule has 0 saturated carbocycles. The largest absolute Gasteiger partial charge is 0.478 e. The SMILES string of the molecule is CCOc1cccc(Oc2c(N)cc(C#N)cc2I)n1. The molecule has 6 heteroatoms. The molecule has 0 aliphatic rings. The standard InChI is InChI=1S/C14H12IN3O2/c1-2-19-12-4-3-5-13(18-12)20-14-10(15)6-9(8-16)7-11(14)17/h3-7H,2,17H2,1H3. The fourth-order valence-electron chi connectivity index (χ4n) is 1.57. The summed E-state index contributed by atoms with van der Waals surface area (Å²) in [6.45, 7) is 2.42. The van der Waals surface area contributed by atoms with Crippen LogP contribution in [0.4, 0.5) is 5.69 Å². The Labute approximate surface area is 130 Å². The van der Waals surface area contributed by atoms with Gasteiger partial charge in [-0.1, -0.05) is 6.07 Å². The normalized spacial score (nSPS) is 9.85. The maximum Gasteiger partial charge on any atom is 0.222 e. The summed E-state index contributed by atoms with van der Waals surface area (Å²) < 4.78 is 11.8. The fraction of sp³-hybridized carbons (Fsp3) is 0.143. The van der Waals surface area contributed by atoms with Crippen molar-refractivity contribution in [3.8, 4) is 23.6 Å². The minimum Gasteiger partial charge on any atom is -0.478 e. The summed E-state index contributed by atoms with van der Waals surface area (Å²) in [6.07, 6.45) is 0. The number of halogens is 1. The second kappa shape index (κ2) is 6.43. The highest BCUT2D eigenvalue weighted by Gasteiger charge is 2.11. The molecule has 0 aliphatic carbocycles. The predicted octanol–water partition coefficient (Wildman–Crippen LogP) is 3.33. The van der Waals surface area contributed by atoms with Crippen molar-refractivity contribution in [2.75, 3.05) is 12.3 Å². The predicted molar refractivity (Wildman–Crippen MR) is 83.8 cm³/mol. The second-order valence-electron chi connectivity index (χ2n) is 3.84. The van der Waals surface area contributed by atoms with E-state index in [1.165, 1.54) is 0 Å². The quantitative estimate of drug-likeness (QED) is 0.649. The summed E-state index contributed by atoms with van der Waals surface area (Å²) in [5.41, 5.74) is 6.80. The topological polar surface area (TPSA) is 81.2 Å². The first-order chi connectivity index (χ1) is 9.63. The third kappa shape index (κ3) is 3.30. The van der Waals surface area contributed by atoms with E-state index in [0.29, 0.717) is 35.4 Å². The van der Waals surface area contributed by atoms with E-state index in [-0.39, 0.29) is 0 Å². The zero-order valence-electron chi connectivity index (χ0n) is 10.8. The van der Waals surface area contributed by atoms with Gasteiger partial charge in [-0.25, -0.2) is 0 Å². The molecule has 0 amide bonds. The molecule has 1 heterocycles. The van der Waals surface area contributed by atoms with Crippen LogP contribution in [0.5, 0.6) is 17.5 Å². The highest BCUT2D eigenvalue weighted by atomic mass is 127. The summed E-state index contributed by atoms with van der Waals surface area (Å²) in [5, 5.41) is 8.88. The van der Waals surface area contributed by atoms with Crippen LogP contribution in [0.15, 0.2) is 30.3 Å². The summed E-state index contributed by atoms with van der Waals surface area (Å²) >= 11 is 2.07. The lowest BCUT2D eigenvalue weighted by atomic mass is 10.2. The molecule has 102 valence electrons. The van der Waals surface area contributed by atoms with Gasteiger partial charge in [-0.3, -0.25) is 0 Å². The van der Waals surface area contributed by atoms with Crippen LogP contribution in [0.3, 0.4) is 0 Å². The average molecular weight is 381 g/mol. The van der Waals surface area contributed by atoms with Gasteiger partial charge >= 0.3 is 0 Å². The molecule has 1 aromatic heterocycles. The zero-order valence-corrected chi connectivity index (χ0v) is 12.9. The molecule has 0 aliphatic heterocycles. The fourth-order valence-corrected chi connectivity index (χ4v) is 2.33. The van der Waals surface area contributed by atoms with Crippen molar-refractivity contribution in [1.82, 2.24) is 4.98 Å². The first-order valence-electron chi connectivity index (χ1n) is 5.91. The molecule has 1 aromatic carbocycles. The Kier molecular flexibility index (Phi) is 4.63. The Balaban J connectivity index is 2.31. The van der Waals surface area contributed by atoms with E-state index < -0.39 is 0 Å². The number of nitrogen functional groups attached to an aromatic ring is 1. The van der Waals surface area contributed by atoms with E-state index in [0.717, 1.165) is 3.57 Å². The number of hydrogen-bond acceptors (Lipinski definition) is 5. The molecule has 0 spiro atoms. The van der Waals surface area contributed by atoms with E-state index in [9.17, 15) is 0 Å². The van der Waals surface area contributed by atoms with E-state index >= 15 is 0 Å². The second-order valence-corrected chi connectivity index (χ2v) is 5.00. The van der Waals surface area contributed by atoms with Crippen LogP contribution in [-0.4, -0.2) is 11.6 Å². The third-order valence-electron chi connectivity index (χ3n) is 2.40. The summed E-state index contributed by atoms with van der Waals surface area (Å²) in [6, 6.07) is 10.6. The smallest absolute Gasteiger partial charge is 0.222 e. The highest BCUT2D eigenvalue weighted by Crippen LogP contribution is 2.33. The molecule has 0 bridgehead atoms. The van der Waals surface area contributed by atoms with Crippen LogP contribution >= 0.6 is 22.6 Å². The lowest BCUT2D eigenvalue weighted by Gasteiger charge is -2.11. The zero-order chi connectivity index (χ0) is 14.5. The molecule has 5 nitrogen and oxygen atoms in total. The van der Waals surface area contributed by atoms with Crippen LogP contribution in [0.2, 0.25) is 0 Å². The van der Waals surface area contributed by atoms with Crippen molar-refractivity contribution in [2.24, 2.45) is 0 Å². The van der Waals surface area contributed by atoms with E-state index in [1.807, 2.05) is 13.0 Å². The van der Waals surface area contributed by atoms with Gasteiger partial charge in [-0.2, -0.15) is 10.2 Å². The number of rotatable bonds is 4. The maximum atomic E-state index is 8.88. The number of aromatic nitrogens is 1.